The van der Waals surface area contributed by atoms with Crippen molar-refractivity contribution in [3.8, 4) is 0 Å². The second-order valence-corrected chi connectivity index (χ2v) is 6.84. The van der Waals surface area contributed by atoms with Crippen molar-refractivity contribution in [3.63, 3.8) is 0 Å². The van der Waals surface area contributed by atoms with Crippen LogP contribution in [0.1, 0.15) is 19.8 Å². The first-order chi connectivity index (χ1) is 10.3. The number of hydrogen-bond donors (Lipinski definition) is 1. The first kappa shape index (κ1) is 16.4. The number of rotatable bonds is 5. The highest BCUT2D eigenvalue weighted by molar-refractivity contribution is 7.89. The quantitative estimate of drug-likeness (QED) is 0.638. The Bertz CT molecular complexity index is 683. The van der Waals surface area contributed by atoms with E-state index in [1.54, 1.807) is 4.90 Å². The molecule has 0 radical (unpaired) electrons. The van der Waals surface area contributed by atoms with Gasteiger partial charge >= 0.3 is 0 Å². The molecular weight excluding hydrogens is 310 g/mol. The number of hydrogen-bond acceptors (Lipinski definition) is 5. The van der Waals surface area contributed by atoms with Crippen LogP contribution in [0.15, 0.2) is 29.2 Å². The lowest BCUT2D eigenvalue weighted by Crippen LogP contribution is -2.45. The standard InChI is InChI=1S/C13H17N3O5S/c1-10(13(17)15-7-2-3-8-15)14-22(20,21)12-6-4-5-11(9-12)16(18)19/h4-6,9-10,14H,2-3,7-8H2,1H3/t10-/m0/s1. The SMILES string of the molecule is C[C@H](NS(=O)(=O)c1cccc([N+](=O)[O-])c1)C(=O)N1CCCC1. The molecular formula is C13H17N3O5S. The number of nitro benzene ring substituents is 1. The second kappa shape index (κ2) is 6.41. The first-order valence-corrected chi connectivity index (χ1v) is 8.35. The van der Waals surface area contributed by atoms with Crippen molar-refractivity contribution in [3.05, 3.63) is 34.4 Å². The van der Waals surface area contributed by atoms with E-state index < -0.39 is 21.0 Å². The third-order valence-electron chi connectivity index (χ3n) is 3.46. The number of carbonyl (C=O) groups is 1. The van der Waals surface area contributed by atoms with Crippen molar-refractivity contribution in [2.45, 2.75) is 30.7 Å². The van der Waals surface area contributed by atoms with Crippen LogP contribution in [0.5, 0.6) is 0 Å². The summed E-state index contributed by atoms with van der Waals surface area (Å²) in [6, 6.07) is 3.80. The van der Waals surface area contributed by atoms with E-state index in [1.807, 2.05) is 0 Å². The summed E-state index contributed by atoms with van der Waals surface area (Å²) in [5.74, 6) is -0.286. The summed E-state index contributed by atoms with van der Waals surface area (Å²) < 4.78 is 26.7. The topological polar surface area (TPSA) is 110 Å². The number of nitrogens with zero attached hydrogens (tertiary/aromatic N) is 2. The lowest BCUT2D eigenvalue weighted by molar-refractivity contribution is -0.385. The summed E-state index contributed by atoms with van der Waals surface area (Å²) in [5.41, 5.74) is -0.318. The molecule has 1 aliphatic heterocycles. The zero-order chi connectivity index (χ0) is 16.3. The second-order valence-electron chi connectivity index (χ2n) is 5.13. The number of nitro groups is 1. The molecule has 0 bridgehead atoms. The Kier molecular flexibility index (Phi) is 4.77. The third kappa shape index (κ3) is 3.60. The number of non-ortho nitro benzene ring substituents is 1. The fourth-order valence-corrected chi connectivity index (χ4v) is 3.56. The van der Waals surface area contributed by atoms with Crippen molar-refractivity contribution in [2.24, 2.45) is 0 Å². The Morgan fingerprint density at radius 2 is 2.00 bits per heavy atom. The molecule has 1 aliphatic rings. The van der Waals surface area contributed by atoms with E-state index in [1.165, 1.54) is 25.1 Å². The molecule has 0 saturated carbocycles. The average Bonchev–Trinajstić information content (AvgIpc) is 3.00. The Balaban J connectivity index is 2.14. The van der Waals surface area contributed by atoms with Crippen LogP contribution in [-0.2, 0) is 14.8 Å². The lowest BCUT2D eigenvalue weighted by atomic mass is 10.3. The van der Waals surface area contributed by atoms with E-state index in [2.05, 4.69) is 4.72 Å². The van der Waals surface area contributed by atoms with Gasteiger partial charge in [0.1, 0.15) is 0 Å². The van der Waals surface area contributed by atoms with Gasteiger partial charge in [-0.25, -0.2) is 8.42 Å². The maximum absolute atomic E-state index is 12.2. The highest BCUT2D eigenvalue weighted by Crippen LogP contribution is 2.18. The van der Waals surface area contributed by atoms with Crippen LogP contribution >= 0.6 is 0 Å². The van der Waals surface area contributed by atoms with Crippen LogP contribution in [0.3, 0.4) is 0 Å². The van der Waals surface area contributed by atoms with Crippen LogP contribution in [0.25, 0.3) is 0 Å². The van der Waals surface area contributed by atoms with Crippen molar-refractivity contribution in [1.29, 1.82) is 0 Å². The molecule has 8 nitrogen and oxygen atoms in total. The minimum Gasteiger partial charge on any atom is -0.341 e. The van der Waals surface area contributed by atoms with Crippen LogP contribution in [0, 0.1) is 10.1 Å². The van der Waals surface area contributed by atoms with E-state index in [9.17, 15) is 23.3 Å². The molecule has 0 spiro atoms. The predicted octanol–water partition coefficient (Wildman–Crippen LogP) is 0.884. The maximum atomic E-state index is 12.2. The van der Waals surface area contributed by atoms with Gasteiger partial charge in [0, 0.05) is 25.2 Å². The fraction of sp³-hybridized carbons (Fsp3) is 0.462. The zero-order valence-corrected chi connectivity index (χ0v) is 12.9. The van der Waals surface area contributed by atoms with Crippen molar-refractivity contribution >= 4 is 21.6 Å². The van der Waals surface area contributed by atoms with Gasteiger partial charge in [0.15, 0.2) is 0 Å². The molecule has 1 aromatic rings. The van der Waals surface area contributed by atoms with E-state index in [0.29, 0.717) is 13.1 Å². The van der Waals surface area contributed by atoms with E-state index in [-0.39, 0.29) is 16.5 Å². The fourth-order valence-electron chi connectivity index (χ4n) is 2.33. The summed E-state index contributed by atoms with van der Waals surface area (Å²) in [4.78, 5) is 23.5. The van der Waals surface area contributed by atoms with Crippen molar-refractivity contribution in [1.82, 2.24) is 9.62 Å². The van der Waals surface area contributed by atoms with Gasteiger partial charge in [-0.15, -0.1) is 0 Å². The molecule has 9 heteroatoms. The molecule has 1 atom stereocenters. The van der Waals surface area contributed by atoms with Gasteiger partial charge in [-0.05, 0) is 25.8 Å². The molecule has 2 rings (SSSR count). The molecule has 1 saturated heterocycles. The number of sulfonamides is 1. The molecule has 0 unspecified atom stereocenters. The number of carbonyl (C=O) groups excluding carboxylic acids is 1. The van der Waals surface area contributed by atoms with Crippen molar-refractivity contribution in [2.75, 3.05) is 13.1 Å². The molecule has 1 fully saturated rings. The van der Waals surface area contributed by atoms with Gasteiger partial charge in [0.2, 0.25) is 15.9 Å². The average molecular weight is 327 g/mol. The monoisotopic (exact) mass is 327 g/mol. The smallest absolute Gasteiger partial charge is 0.270 e. The number of benzene rings is 1. The zero-order valence-electron chi connectivity index (χ0n) is 12.1. The van der Waals surface area contributed by atoms with Crippen LogP contribution < -0.4 is 4.72 Å². The van der Waals surface area contributed by atoms with Gasteiger partial charge < -0.3 is 4.90 Å². The summed E-state index contributed by atoms with van der Waals surface area (Å²) in [5, 5.41) is 10.7. The maximum Gasteiger partial charge on any atom is 0.270 e. The highest BCUT2D eigenvalue weighted by atomic mass is 32.2. The summed E-state index contributed by atoms with van der Waals surface area (Å²) >= 11 is 0. The van der Waals surface area contributed by atoms with Crippen LogP contribution in [0.4, 0.5) is 5.69 Å². The lowest BCUT2D eigenvalue weighted by Gasteiger charge is -2.21. The first-order valence-electron chi connectivity index (χ1n) is 6.87. The molecule has 0 aromatic heterocycles. The normalized spacial score (nSPS) is 16.5. The Morgan fingerprint density at radius 1 is 1.36 bits per heavy atom. The number of likely N-dealkylation sites (tertiary alicyclic amines) is 1. The van der Waals surface area contributed by atoms with Gasteiger partial charge in [-0.3, -0.25) is 14.9 Å². The van der Waals surface area contributed by atoms with E-state index in [0.717, 1.165) is 18.9 Å². The molecule has 1 aromatic carbocycles. The van der Waals surface area contributed by atoms with Crippen LogP contribution in [-0.4, -0.2) is 43.3 Å². The van der Waals surface area contributed by atoms with E-state index in [4.69, 9.17) is 0 Å². The largest absolute Gasteiger partial charge is 0.341 e. The van der Waals surface area contributed by atoms with Crippen molar-refractivity contribution < 1.29 is 18.1 Å². The summed E-state index contributed by atoms with van der Waals surface area (Å²) in [6.07, 6.45) is 1.83. The predicted molar refractivity (Wildman–Crippen MR) is 78.7 cm³/mol. The van der Waals surface area contributed by atoms with Gasteiger partial charge in [-0.2, -0.15) is 4.72 Å². The minimum absolute atomic E-state index is 0.234. The van der Waals surface area contributed by atoms with Gasteiger partial charge in [0.05, 0.1) is 15.9 Å². The summed E-state index contributed by atoms with van der Waals surface area (Å²) in [6.45, 7) is 2.72. The highest BCUT2D eigenvalue weighted by Gasteiger charge is 2.27. The Hall–Kier alpha value is -2.00. The Morgan fingerprint density at radius 3 is 2.59 bits per heavy atom. The van der Waals surface area contributed by atoms with Gasteiger partial charge in [0.25, 0.3) is 5.69 Å². The summed E-state index contributed by atoms with van der Waals surface area (Å²) in [7, 11) is -3.99. The van der Waals surface area contributed by atoms with E-state index >= 15 is 0 Å². The van der Waals surface area contributed by atoms with Gasteiger partial charge in [-0.1, -0.05) is 6.07 Å². The molecule has 0 aliphatic carbocycles. The third-order valence-corrected chi connectivity index (χ3v) is 5.00. The molecule has 22 heavy (non-hydrogen) atoms. The van der Waals surface area contributed by atoms with Crippen LogP contribution in [0.2, 0.25) is 0 Å². The number of amides is 1. The Labute approximate surface area is 128 Å². The number of nitrogens with one attached hydrogen (secondary N) is 1. The molecule has 1 heterocycles. The minimum atomic E-state index is -3.99. The molecule has 120 valence electrons. The molecule has 1 N–H and O–H groups in total. The molecule has 1 amide bonds.